The number of rotatable bonds is 2. The molecule has 0 bridgehead atoms. The molecule has 0 aliphatic rings. The normalized spacial score (nSPS) is 11.9. The second kappa shape index (κ2) is 2.84. The highest BCUT2D eigenvalue weighted by Gasteiger charge is 1.99. The van der Waals surface area contributed by atoms with Crippen molar-refractivity contribution in [2.24, 2.45) is 0 Å². The van der Waals surface area contributed by atoms with Crippen molar-refractivity contribution in [2.75, 3.05) is 20.9 Å². The lowest BCUT2D eigenvalue weighted by molar-refractivity contribution is 0.342. The fraction of sp³-hybridized carbons (Fsp3) is 1.00. The molecule has 44 valence electrons. The zero-order valence-corrected chi connectivity index (χ0v) is 6.66. The molecule has 0 aliphatic carbocycles. The van der Waals surface area contributed by atoms with Crippen LogP contribution in [0.1, 0.15) is 0 Å². The zero-order chi connectivity index (χ0) is 5.91. The molecule has 4 heteroatoms. The molecule has 2 nitrogen and oxygen atoms in total. The van der Waals surface area contributed by atoms with Gasteiger partial charge in [-0.2, -0.15) is 0 Å². The average molecular weight is 140 g/mol. The van der Waals surface area contributed by atoms with E-state index in [2.05, 4.69) is 8.53 Å². The summed E-state index contributed by atoms with van der Waals surface area (Å²) in [7, 11) is 4.93. The van der Waals surface area contributed by atoms with Crippen LogP contribution >= 0.6 is 15.5 Å². The van der Waals surface area contributed by atoms with Crippen LogP contribution in [0.2, 0.25) is 0 Å². The molecule has 0 aromatic heterocycles. The second-order valence-electron chi connectivity index (χ2n) is 1.21. The summed E-state index contributed by atoms with van der Waals surface area (Å²) in [5.74, 6) is 0. The van der Waals surface area contributed by atoms with Gasteiger partial charge in [-0.05, 0) is 0 Å². The average Bonchev–Trinajstić information content (AvgIpc) is 1.68. The Kier molecular flexibility index (Phi) is 3.10. The van der Waals surface area contributed by atoms with Gasteiger partial charge in [0.1, 0.15) is 7.00 Å². The Morgan fingerprint density at radius 3 is 1.57 bits per heavy atom. The van der Waals surface area contributed by atoms with Crippen LogP contribution in [-0.2, 0) is 9.05 Å². The van der Waals surface area contributed by atoms with E-state index in [1.165, 1.54) is 0 Å². The molecular formula is C3H10O2P2. The number of hydrogen-bond acceptors (Lipinski definition) is 2. The highest BCUT2D eigenvalue weighted by Crippen LogP contribution is 2.47. The third-order valence-corrected chi connectivity index (χ3v) is 3.19. The molecule has 0 amide bonds. The topological polar surface area (TPSA) is 18.5 Å². The maximum atomic E-state index is 4.89. The third-order valence-electron chi connectivity index (χ3n) is 0.697. The monoisotopic (exact) mass is 140 g/mol. The first-order valence-corrected chi connectivity index (χ1v) is 5.27. The van der Waals surface area contributed by atoms with Gasteiger partial charge < -0.3 is 9.05 Å². The summed E-state index contributed by atoms with van der Waals surface area (Å²) >= 11 is 0. The molecule has 7 heavy (non-hydrogen) atoms. The van der Waals surface area contributed by atoms with Crippen LogP contribution < -0.4 is 0 Å². The van der Waals surface area contributed by atoms with Gasteiger partial charge in [-0.1, -0.05) is 8.53 Å². The second-order valence-corrected chi connectivity index (χ2v) is 6.07. The predicted octanol–water partition coefficient (Wildman–Crippen LogP) is 1.81. The molecule has 0 spiro atoms. The van der Waals surface area contributed by atoms with E-state index in [1.54, 1.807) is 14.2 Å². The van der Waals surface area contributed by atoms with Gasteiger partial charge in [-0.25, -0.2) is 0 Å². The Labute approximate surface area is 46.4 Å². The minimum atomic E-state index is -1.60. The first kappa shape index (κ1) is 7.65. The molecule has 0 unspecified atom stereocenters. The SMILES string of the molecule is COP(C)(=P)OC. The van der Waals surface area contributed by atoms with E-state index in [1.807, 2.05) is 6.66 Å². The van der Waals surface area contributed by atoms with Gasteiger partial charge in [-0.3, -0.25) is 0 Å². The maximum Gasteiger partial charge on any atom is 0.139 e. The third kappa shape index (κ3) is 3.25. The maximum absolute atomic E-state index is 4.89. The Hall–Kier alpha value is 0.650. The number of hydrogen-bond donors (Lipinski definition) is 0. The van der Waals surface area contributed by atoms with E-state index in [4.69, 9.17) is 9.05 Å². The highest BCUT2D eigenvalue weighted by atomic mass is 31.8. The molecule has 0 aliphatic heterocycles. The van der Waals surface area contributed by atoms with Gasteiger partial charge in [0.2, 0.25) is 0 Å². The van der Waals surface area contributed by atoms with Crippen LogP contribution in [0.3, 0.4) is 0 Å². The lowest BCUT2D eigenvalue weighted by atomic mass is 11.8. The first-order valence-electron chi connectivity index (χ1n) is 1.85. The van der Waals surface area contributed by atoms with Crippen molar-refractivity contribution in [1.29, 1.82) is 0 Å². The standard InChI is InChI=1S/C3H10O2P2/c1-4-7(3,6)5-2/h6H,1-3H3. The summed E-state index contributed by atoms with van der Waals surface area (Å²) in [6.07, 6.45) is 0. The molecular weight excluding hydrogens is 130 g/mol. The van der Waals surface area contributed by atoms with E-state index in [0.717, 1.165) is 0 Å². The molecule has 0 fully saturated rings. The highest BCUT2D eigenvalue weighted by molar-refractivity contribution is 7.92. The van der Waals surface area contributed by atoms with Gasteiger partial charge in [0.25, 0.3) is 0 Å². The van der Waals surface area contributed by atoms with Crippen LogP contribution in [0.15, 0.2) is 0 Å². The van der Waals surface area contributed by atoms with Gasteiger partial charge in [-0.15, -0.1) is 0 Å². The van der Waals surface area contributed by atoms with Crippen molar-refractivity contribution in [3.05, 3.63) is 0 Å². The molecule has 0 saturated carbocycles. The summed E-state index contributed by atoms with van der Waals surface area (Å²) in [4.78, 5) is 0. The van der Waals surface area contributed by atoms with Gasteiger partial charge in [0.15, 0.2) is 0 Å². The minimum Gasteiger partial charge on any atom is -0.338 e. The Morgan fingerprint density at radius 1 is 1.29 bits per heavy atom. The van der Waals surface area contributed by atoms with Crippen molar-refractivity contribution in [2.45, 2.75) is 0 Å². The molecule has 0 saturated heterocycles. The Morgan fingerprint density at radius 2 is 1.57 bits per heavy atom. The lowest BCUT2D eigenvalue weighted by Crippen LogP contribution is -1.79. The van der Waals surface area contributed by atoms with Crippen molar-refractivity contribution in [1.82, 2.24) is 0 Å². The fourth-order valence-corrected chi connectivity index (χ4v) is 0.224. The molecule has 0 atom stereocenters. The summed E-state index contributed by atoms with van der Waals surface area (Å²) < 4.78 is 9.78. The molecule has 0 aromatic rings. The van der Waals surface area contributed by atoms with Crippen LogP contribution in [0, 0.1) is 0 Å². The summed E-state index contributed by atoms with van der Waals surface area (Å²) in [5, 5.41) is 0. The van der Waals surface area contributed by atoms with Gasteiger partial charge in [0, 0.05) is 20.9 Å². The van der Waals surface area contributed by atoms with Gasteiger partial charge in [0.05, 0.1) is 0 Å². The van der Waals surface area contributed by atoms with Crippen LogP contribution in [0.25, 0.3) is 0 Å². The summed E-state index contributed by atoms with van der Waals surface area (Å²) in [6, 6.07) is 0. The fourth-order valence-electron chi connectivity index (χ4n) is 0.0745. The molecule has 0 radical (unpaired) electrons. The minimum absolute atomic E-state index is 1.60. The molecule has 0 heterocycles. The first-order chi connectivity index (χ1) is 3.12. The summed E-state index contributed by atoms with van der Waals surface area (Å²) in [5.41, 5.74) is 0. The van der Waals surface area contributed by atoms with E-state index < -0.39 is 7.00 Å². The van der Waals surface area contributed by atoms with Gasteiger partial charge >= 0.3 is 0 Å². The zero-order valence-electron chi connectivity index (χ0n) is 4.76. The van der Waals surface area contributed by atoms with Crippen LogP contribution in [-0.4, -0.2) is 20.9 Å². The molecule has 0 aromatic carbocycles. The smallest absolute Gasteiger partial charge is 0.139 e. The lowest BCUT2D eigenvalue weighted by Gasteiger charge is -2.11. The van der Waals surface area contributed by atoms with Crippen LogP contribution in [0.5, 0.6) is 0 Å². The van der Waals surface area contributed by atoms with Crippen molar-refractivity contribution in [3.8, 4) is 0 Å². The predicted molar refractivity (Wildman–Crippen MR) is 35.2 cm³/mol. The van der Waals surface area contributed by atoms with Crippen molar-refractivity contribution < 1.29 is 9.05 Å². The summed E-state index contributed by atoms with van der Waals surface area (Å²) in [6.45, 7) is 1.88. The van der Waals surface area contributed by atoms with E-state index in [-0.39, 0.29) is 0 Å². The van der Waals surface area contributed by atoms with E-state index in [9.17, 15) is 0 Å². The molecule has 0 rings (SSSR count). The van der Waals surface area contributed by atoms with Crippen LogP contribution in [0.4, 0.5) is 0 Å². The van der Waals surface area contributed by atoms with E-state index >= 15 is 0 Å². The quantitative estimate of drug-likeness (QED) is 0.544. The Bertz CT molecular complexity index is 82.9. The van der Waals surface area contributed by atoms with Crippen molar-refractivity contribution >= 4 is 15.5 Å². The van der Waals surface area contributed by atoms with Crippen molar-refractivity contribution in [3.63, 3.8) is 0 Å². The molecule has 0 N–H and O–H groups in total. The largest absolute Gasteiger partial charge is 0.338 e. The van der Waals surface area contributed by atoms with E-state index in [0.29, 0.717) is 0 Å². The Balaban J connectivity index is 3.61.